The molecule has 2 aromatic carbocycles. The van der Waals surface area contributed by atoms with Crippen LogP contribution in [0.4, 0.5) is 0 Å². The number of nitrogens with zero attached hydrogens (tertiary/aromatic N) is 1. The van der Waals surface area contributed by atoms with E-state index in [1.165, 1.54) is 16.3 Å². The molecule has 8 heteroatoms. The van der Waals surface area contributed by atoms with E-state index in [0.717, 1.165) is 19.3 Å². The molecule has 2 aliphatic heterocycles. The van der Waals surface area contributed by atoms with E-state index in [1.807, 2.05) is 6.07 Å². The van der Waals surface area contributed by atoms with Crippen LogP contribution in [0.3, 0.4) is 0 Å². The minimum Gasteiger partial charge on any atom is -0.490 e. The number of nitrogens with one attached hydrogen (secondary N) is 1. The normalized spacial score (nSPS) is 20.7. The lowest BCUT2D eigenvalue weighted by Crippen LogP contribution is -2.48. The van der Waals surface area contributed by atoms with Crippen LogP contribution in [-0.2, 0) is 20.2 Å². The second-order valence-corrected chi connectivity index (χ2v) is 11.5. The van der Waals surface area contributed by atoms with Crippen LogP contribution in [0.25, 0.3) is 0 Å². The molecule has 1 saturated heterocycles. The molecule has 5 rings (SSSR count). The first-order valence-corrected chi connectivity index (χ1v) is 13.7. The van der Waals surface area contributed by atoms with Gasteiger partial charge in [-0.1, -0.05) is 36.8 Å². The van der Waals surface area contributed by atoms with Gasteiger partial charge in [-0.2, -0.15) is 4.31 Å². The third kappa shape index (κ3) is 4.53. The Kier molecular flexibility index (Phi) is 6.53. The average Bonchev–Trinajstić information content (AvgIpc) is 3.09. The van der Waals surface area contributed by atoms with E-state index in [9.17, 15) is 13.2 Å². The fraction of sp³-hybridized carbons (Fsp3) is 0.500. The van der Waals surface area contributed by atoms with Gasteiger partial charge in [-0.3, -0.25) is 4.79 Å². The van der Waals surface area contributed by atoms with Crippen molar-refractivity contribution in [1.29, 1.82) is 0 Å². The molecule has 34 heavy (non-hydrogen) atoms. The van der Waals surface area contributed by atoms with Crippen molar-refractivity contribution in [3.8, 4) is 11.5 Å². The number of hydrogen-bond acceptors (Lipinski definition) is 5. The zero-order valence-electron chi connectivity index (χ0n) is 19.4. The highest BCUT2D eigenvalue weighted by Crippen LogP contribution is 2.43. The van der Waals surface area contributed by atoms with E-state index < -0.39 is 10.0 Å². The quantitative estimate of drug-likeness (QED) is 0.679. The fourth-order valence-electron chi connectivity index (χ4n) is 5.17. The molecular formula is C26H32N2O5S. The van der Waals surface area contributed by atoms with Gasteiger partial charge in [-0.15, -0.1) is 0 Å². The van der Waals surface area contributed by atoms with E-state index in [0.29, 0.717) is 57.2 Å². The number of carbonyl (C=O) groups is 1. The summed E-state index contributed by atoms with van der Waals surface area (Å²) < 4.78 is 39.2. The monoisotopic (exact) mass is 484 g/mol. The van der Waals surface area contributed by atoms with Crippen LogP contribution in [-0.4, -0.2) is 51.5 Å². The lowest BCUT2D eigenvalue weighted by molar-refractivity contribution is -0.126. The van der Waals surface area contributed by atoms with E-state index in [4.69, 9.17) is 9.47 Å². The molecule has 0 atom stereocenters. The molecule has 1 N–H and O–H groups in total. The summed E-state index contributed by atoms with van der Waals surface area (Å²) in [6.07, 6.45) is 5.16. The Morgan fingerprint density at radius 1 is 0.971 bits per heavy atom. The van der Waals surface area contributed by atoms with Gasteiger partial charge in [0.15, 0.2) is 11.5 Å². The first kappa shape index (κ1) is 23.2. The van der Waals surface area contributed by atoms with Crippen molar-refractivity contribution in [3.05, 3.63) is 54.1 Å². The molecule has 2 fully saturated rings. The molecule has 2 aromatic rings. The Morgan fingerprint density at radius 2 is 1.68 bits per heavy atom. The molecule has 3 aliphatic rings. The number of hydrogen-bond donors (Lipinski definition) is 1. The van der Waals surface area contributed by atoms with E-state index >= 15 is 0 Å². The SMILES string of the molecule is O=C(NCC1(c2ccccc2)CCC1)C1CCN(S(=O)(=O)c2ccc3c(c2)OCCCO3)CC1. The largest absolute Gasteiger partial charge is 0.490 e. The van der Waals surface area contributed by atoms with Crippen LogP contribution < -0.4 is 14.8 Å². The van der Waals surface area contributed by atoms with Gasteiger partial charge in [0.25, 0.3) is 0 Å². The summed E-state index contributed by atoms with van der Waals surface area (Å²) in [7, 11) is -3.66. The lowest BCUT2D eigenvalue weighted by Gasteiger charge is -2.43. The number of fused-ring (bicyclic) bond motifs is 1. The van der Waals surface area contributed by atoms with Crippen molar-refractivity contribution in [2.45, 2.75) is 48.8 Å². The molecule has 7 nitrogen and oxygen atoms in total. The summed E-state index contributed by atoms with van der Waals surface area (Å²) >= 11 is 0. The second kappa shape index (κ2) is 9.58. The van der Waals surface area contributed by atoms with Gasteiger partial charge in [0.1, 0.15) is 0 Å². The molecule has 1 saturated carbocycles. The van der Waals surface area contributed by atoms with Gasteiger partial charge < -0.3 is 14.8 Å². The standard InChI is InChI=1S/C26H32N2O5S/c29-25(27-19-26(12-4-13-26)21-6-2-1-3-7-21)20-10-14-28(15-11-20)34(30,31)22-8-9-23-24(18-22)33-17-5-16-32-23/h1-3,6-9,18,20H,4-5,10-17,19H2,(H,27,29). The van der Waals surface area contributed by atoms with Gasteiger partial charge in [-0.25, -0.2) is 8.42 Å². The number of ether oxygens (including phenoxy) is 2. The Balaban J connectivity index is 1.18. The average molecular weight is 485 g/mol. The highest BCUT2D eigenvalue weighted by molar-refractivity contribution is 7.89. The molecule has 0 spiro atoms. The maximum absolute atomic E-state index is 13.2. The molecule has 0 unspecified atom stereocenters. The van der Waals surface area contributed by atoms with Crippen LogP contribution in [0, 0.1) is 5.92 Å². The number of sulfonamides is 1. The maximum Gasteiger partial charge on any atom is 0.243 e. The van der Waals surface area contributed by atoms with Crippen LogP contribution in [0.1, 0.15) is 44.1 Å². The number of piperidine rings is 1. The summed E-state index contributed by atoms with van der Waals surface area (Å²) in [5.74, 6) is 0.917. The molecule has 0 bridgehead atoms. The topological polar surface area (TPSA) is 84.9 Å². The van der Waals surface area contributed by atoms with Gasteiger partial charge in [-0.05, 0) is 43.4 Å². The Morgan fingerprint density at radius 3 is 2.35 bits per heavy atom. The second-order valence-electron chi connectivity index (χ2n) is 9.56. The maximum atomic E-state index is 13.2. The molecule has 2 heterocycles. The highest BCUT2D eigenvalue weighted by atomic mass is 32.2. The van der Waals surface area contributed by atoms with Crippen molar-refractivity contribution in [1.82, 2.24) is 9.62 Å². The van der Waals surface area contributed by atoms with Crippen molar-refractivity contribution in [2.24, 2.45) is 5.92 Å². The van der Waals surface area contributed by atoms with Gasteiger partial charge in [0, 0.05) is 43.5 Å². The number of rotatable bonds is 6. The third-order valence-corrected chi connectivity index (χ3v) is 9.37. The summed E-state index contributed by atoms with van der Waals surface area (Å²) in [5.41, 5.74) is 1.33. The number of carbonyl (C=O) groups excluding carboxylic acids is 1. The first-order valence-electron chi connectivity index (χ1n) is 12.2. The van der Waals surface area contributed by atoms with Crippen LogP contribution in [0.5, 0.6) is 11.5 Å². The minimum absolute atomic E-state index is 0.0369. The smallest absolute Gasteiger partial charge is 0.243 e. The molecular weight excluding hydrogens is 452 g/mol. The van der Waals surface area contributed by atoms with Crippen molar-refractivity contribution >= 4 is 15.9 Å². The van der Waals surface area contributed by atoms with Crippen molar-refractivity contribution < 1.29 is 22.7 Å². The van der Waals surface area contributed by atoms with Crippen LogP contribution in [0.15, 0.2) is 53.4 Å². The minimum atomic E-state index is -3.66. The van der Waals surface area contributed by atoms with E-state index in [2.05, 4.69) is 29.6 Å². The van der Waals surface area contributed by atoms with E-state index in [-0.39, 0.29) is 22.1 Å². The highest BCUT2D eigenvalue weighted by Gasteiger charge is 2.39. The zero-order valence-corrected chi connectivity index (χ0v) is 20.2. The first-order chi connectivity index (χ1) is 16.5. The molecule has 0 radical (unpaired) electrons. The molecule has 1 aliphatic carbocycles. The van der Waals surface area contributed by atoms with Crippen molar-refractivity contribution in [3.63, 3.8) is 0 Å². The predicted octanol–water partition coefficient (Wildman–Crippen LogP) is 3.49. The van der Waals surface area contributed by atoms with Gasteiger partial charge in [0.2, 0.25) is 15.9 Å². The Hall–Kier alpha value is -2.58. The summed E-state index contributed by atoms with van der Waals surface area (Å²) in [4.78, 5) is 13.1. The van der Waals surface area contributed by atoms with E-state index in [1.54, 1.807) is 18.2 Å². The Bertz CT molecular complexity index is 1120. The third-order valence-electron chi connectivity index (χ3n) is 7.48. The van der Waals surface area contributed by atoms with Crippen molar-refractivity contribution in [2.75, 3.05) is 32.8 Å². The lowest BCUT2D eigenvalue weighted by atomic mass is 9.64. The number of amides is 1. The zero-order chi connectivity index (χ0) is 23.6. The number of benzene rings is 2. The predicted molar refractivity (Wildman–Crippen MR) is 129 cm³/mol. The molecule has 182 valence electrons. The van der Waals surface area contributed by atoms with Crippen LogP contribution in [0.2, 0.25) is 0 Å². The molecule has 1 amide bonds. The van der Waals surface area contributed by atoms with Gasteiger partial charge in [0.05, 0.1) is 18.1 Å². The summed E-state index contributed by atoms with van der Waals surface area (Å²) in [6.45, 7) is 2.37. The van der Waals surface area contributed by atoms with Crippen LogP contribution >= 0.6 is 0 Å². The Labute approximate surface area is 201 Å². The van der Waals surface area contributed by atoms with Gasteiger partial charge >= 0.3 is 0 Å². The fourth-order valence-corrected chi connectivity index (χ4v) is 6.66. The molecule has 0 aromatic heterocycles. The summed E-state index contributed by atoms with van der Waals surface area (Å²) in [5, 5.41) is 3.18. The summed E-state index contributed by atoms with van der Waals surface area (Å²) in [6, 6.07) is 15.2.